The van der Waals surface area contributed by atoms with Crippen molar-refractivity contribution in [1.82, 2.24) is 5.32 Å². The fourth-order valence-electron chi connectivity index (χ4n) is 1.43. The van der Waals surface area contributed by atoms with E-state index in [-0.39, 0.29) is 12.5 Å². The highest BCUT2D eigenvalue weighted by Gasteiger charge is 2.17. The zero-order chi connectivity index (χ0) is 15.7. The summed E-state index contributed by atoms with van der Waals surface area (Å²) in [5.41, 5.74) is 0.505. The van der Waals surface area contributed by atoms with E-state index in [2.05, 4.69) is 5.32 Å². The number of esters is 1. The summed E-state index contributed by atoms with van der Waals surface area (Å²) >= 11 is 0. The molecule has 21 heavy (non-hydrogen) atoms. The monoisotopic (exact) mass is 290 g/mol. The van der Waals surface area contributed by atoms with E-state index in [1.807, 2.05) is 13.0 Å². The first kappa shape index (κ1) is 16.5. The summed E-state index contributed by atoms with van der Waals surface area (Å²) in [5, 5.41) is 11.3. The molecule has 0 unspecified atom stereocenters. The lowest BCUT2D eigenvalue weighted by Gasteiger charge is -2.13. The fraction of sp³-hybridized carbons (Fsp3) is 0.400. The smallest absolute Gasteiger partial charge is 0.347 e. The van der Waals surface area contributed by atoms with E-state index < -0.39 is 12.1 Å². The van der Waals surface area contributed by atoms with Crippen LogP contribution in [0.3, 0.4) is 0 Å². The molecule has 0 heterocycles. The number of hydrogen-bond donors (Lipinski definition) is 1. The second-order valence-electron chi connectivity index (χ2n) is 4.35. The van der Waals surface area contributed by atoms with Gasteiger partial charge in [-0.25, -0.2) is 4.79 Å². The van der Waals surface area contributed by atoms with Gasteiger partial charge in [0.25, 0.3) is 5.91 Å². The average Bonchev–Trinajstić information content (AvgIpc) is 2.51. The first-order chi connectivity index (χ1) is 10.1. The molecule has 0 aliphatic heterocycles. The fourth-order valence-corrected chi connectivity index (χ4v) is 1.43. The second-order valence-corrected chi connectivity index (χ2v) is 4.35. The topological polar surface area (TPSA) is 88.4 Å². The normalized spacial score (nSPS) is 11.1. The van der Waals surface area contributed by atoms with Crippen molar-refractivity contribution >= 4 is 11.9 Å². The van der Waals surface area contributed by atoms with Crippen LogP contribution in [0.5, 0.6) is 5.75 Å². The Kier molecular flexibility index (Phi) is 6.75. The first-order valence-electron chi connectivity index (χ1n) is 6.67. The minimum Gasteiger partial charge on any atom is -0.479 e. The third-order valence-corrected chi connectivity index (χ3v) is 2.55. The lowest BCUT2D eigenvalue weighted by Crippen LogP contribution is -2.33. The van der Waals surface area contributed by atoms with Crippen LogP contribution in [0.4, 0.5) is 0 Å². The number of nitrogens with zero attached hydrogens (tertiary/aromatic N) is 1. The van der Waals surface area contributed by atoms with Crippen molar-refractivity contribution in [3.63, 3.8) is 0 Å². The number of benzene rings is 1. The molecule has 112 valence electrons. The maximum absolute atomic E-state index is 11.7. The SMILES string of the molecule is CCCNC(=O)COC(=O)[C@H](C)Oc1ccc(C#N)cc1. The largest absolute Gasteiger partial charge is 0.479 e. The molecule has 0 saturated carbocycles. The molecule has 1 N–H and O–H groups in total. The molecule has 1 atom stereocenters. The van der Waals surface area contributed by atoms with Gasteiger partial charge in [0, 0.05) is 6.54 Å². The van der Waals surface area contributed by atoms with Gasteiger partial charge in [0.15, 0.2) is 12.7 Å². The maximum Gasteiger partial charge on any atom is 0.347 e. The van der Waals surface area contributed by atoms with E-state index in [1.54, 1.807) is 24.3 Å². The van der Waals surface area contributed by atoms with Crippen LogP contribution < -0.4 is 10.1 Å². The lowest BCUT2D eigenvalue weighted by atomic mass is 10.2. The quantitative estimate of drug-likeness (QED) is 0.767. The van der Waals surface area contributed by atoms with Crippen molar-refractivity contribution in [2.45, 2.75) is 26.4 Å². The Labute approximate surface area is 123 Å². The molecular weight excluding hydrogens is 272 g/mol. The van der Waals surface area contributed by atoms with Gasteiger partial charge in [0.1, 0.15) is 5.75 Å². The Morgan fingerprint density at radius 1 is 1.33 bits per heavy atom. The number of nitrogens with one attached hydrogen (secondary N) is 1. The van der Waals surface area contributed by atoms with Gasteiger partial charge in [-0.15, -0.1) is 0 Å². The Hall–Kier alpha value is -2.55. The molecule has 0 radical (unpaired) electrons. The third kappa shape index (κ3) is 5.95. The average molecular weight is 290 g/mol. The molecule has 6 heteroatoms. The van der Waals surface area contributed by atoms with Crippen molar-refractivity contribution in [2.24, 2.45) is 0 Å². The molecule has 1 rings (SSSR count). The van der Waals surface area contributed by atoms with Gasteiger partial charge in [0.2, 0.25) is 0 Å². The molecule has 1 aromatic carbocycles. The van der Waals surface area contributed by atoms with Gasteiger partial charge in [-0.3, -0.25) is 4.79 Å². The van der Waals surface area contributed by atoms with Crippen molar-refractivity contribution in [3.8, 4) is 11.8 Å². The molecule has 0 saturated heterocycles. The predicted molar refractivity (Wildman–Crippen MR) is 75.5 cm³/mol. The van der Waals surface area contributed by atoms with Crippen molar-refractivity contribution in [1.29, 1.82) is 5.26 Å². The molecule has 0 aliphatic carbocycles. The van der Waals surface area contributed by atoms with Crippen molar-refractivity contribution < 1.29 is 19.1 Å². The minimum absolute atomic E-state index is 0.320. The molecule has 0 fully saturated rings. The van der Waals surface area contributed by atoms with Crippen LogP contribution in [0.2, 0.25) is 0 Å². The van der Waals surface area contributed by atoms with Gasteiger partial charge in [-0.05, 0) is 37.6 Å². The number of hydrogen-bond acceptors (Lipinski definition) is 5. The maximum atomic E-state index is 11.7. The zero-order valence-corrected chi connectivity index (χ0v) is 12.1. The highest BCUT2D eigenvalue weighted by molar-refractivity contribution is 5.81. The van der Waals surface area contributed by atoms with Crippen LogP contribution in [0.25, 0.3) is 0 Å². The van der Waals surface area contributed by atoms with Crippen LogP contribution in [-0.2, 0) is 14.3 Å². The van der Waals surface area contributed by atoms with E-state index >= 15 is 0 Å². The van der Waals surface area contributed by atoms with Crippen LogP contribution >= 0.6 is 0 Å². The summed E-state index contributed by atoms with van der Waals surface area (Å²) in [6.07, 6.45) is -0.0188. The van der Waals surface area contributed by atoms with Crippen LogP contribution in [0, 0.1) is 11.3 Å². The standard InChI is InChI=1S/C15H18N2O4/c1-3-8-17-14(18)10-20-15(19)11(2)21-13-6-4-12(9-16)5-7-13/h4-7,11H,3,8,10H2,1-2H3,(H,17,18)/t11-/m0/s1. The summed E-state index contributed by atoms with van der Waals surface area (Å²) in [5.74, 6) is -0.504. The van der Waals surface area contributed by atoms with E-state index in [1.165, 1.54) is 6.92 Å². The van der Waals surface area contributed by atoms with E-state index in [0.29, 0.717) is 17.9 Å². The molecule has 1 aromatic rings. The lowest BCUT2D eigenvalue weighted by molar-refractivity contribution is -0.154. The molecule has 0 spiro atoms. The number of carbonyl (C=O) groups is 2. The number of ether oxygens (including phenoxy) is 2. The summed E-state index contributed by atoms with van der Waals surface area (Å²) in [6, 6.07) is 8.35. The number of amides is 1. The highest BCUT2D eigenvalue weighted by atomic mass is 16.6. The van der Waals surface area contributed by atoms with Crippen LogP contribution in [0.15, 0.2) is 24.3 Å². The molecule has 6 nitrogen and oxygen atoms in total. The second kappa shape index (κ2) is 8.59. The van der Waals surface area contributed by atoms with E-state index in [9.17, 15) is 9.59 Å². The summed E-state index contributed by atoms with van der Waals surface area (Å²) in [6.45, 7) is 3.69. The summed E-state index contributed by atoms with van der Waals surface area (Å²) in [7, 11) is 0. The Bertz CT molecular complexity index is 519. The van der Waals surface area contributed by atoms with Crippen LogP contribution in [0.1, 0.15) is 25.8 Å². The number of rotatable bonds is 7. The van der Waals surface area contributed by atoms with E-state index in [4.69, 9.17) is 14.7 Å². The molecule has 0 aliphatic rings. The number of carbonyl (C=O) groups excluding carboxylic acids is 2. The van der Waals surface area contributed by atoms with E-state index in [0.717, 1.165) is 6.42 Å². The Morgan fingerprint density at radius 3 is 2.57 bits per heavy atom. The Morgan fingerprint density at radius 2 is 2.00 bits per heavy atom. The molecule has 0 aromatic heterocycles. The van der Waals surface area contributed by atoms with Gasteiger partial charge < -0.3 is 14.8 Å². The Balaban J connectivity index is 2.40. The summed E-state index contributed by atoms with van der Waals surface area (Å²) < 4.78 is 10.2. The van der Waals surface area contributed by atoms with Gasteiger partial charge in [-0.1, -0.05) is 6.92 Å². The van der Waals surface area contributed by atoms with Crippen molar-refractivity contribution in [3.05, 3.63) is 29.8 Å². The van der Waals surface area contributed by atoms with Gasteiger partial charge in [-0.2, -0.15) is 5.26 Å². The van der Waals surface area contributed by atoms with Crippen LogP contribution in [-0.4, -0.2) is 31.1 Å². The van der Waals surface area contributed by atoms with Crippen molar-refractivity contribution in [2.75, 3.05) is 13.2 Å². The van der Waals surface area contributed by atoms with Gasteiger partial charge >= 0.3 is 5.97 Å². The zero-order valence-electron chi connectivity index (χ0n) is 12.1. The minimum atomic E-state index is -0.836. The third-order valence-electron chi connectivity index (χ3n) is 2.55. The summed E-state index contributed by atoms with van der Waals surface area (Å²) in [4.78, 5) is 23.0. The molecular formula is C15H18N2O4. The number of nitriles is 1. The first-order valence-corrected chi connectivity index (χ1v) is 6.67. The van der Waals surface area contributed by atoms with Gasteiger partial charge in [0.05, 0.1) is 11.6 Å². The predicted octanol–water partition coefficient (Wildman–Crippen LogP) is 1.39. The molecule has 1 amide bonds. The highest BCUT2D eigenvalue weighted by Crippen LogP contribution is 2.13. The molecule has 0 bridgehead atoms.